The van der Waals surface area contributed by atoms with E-state index in [1.807, 2.05) is 36.6 Å². The van der Waals surface area contributed by atoms with Crippen molar-refractivity contribution >= 4 is 23.1 Å². The molecule has 31 heavy (non-hydrogen) atoms. The van der Waals surface area contributed by atoms with Crippen molar-refractivity contribution in [3.63, 3.8) is 0 Å². The average molecular weight is 438 g/mol. The lowest BCUT2D eigenvalue weighted by Gasteiger charge is -2.08. The lowest BCUT2D eigenvalue weighted by Crippen LogP contribution is -2.22. The Kier molecular flexibility index (Phi) is 5.94. The highest BCUT2D eigenvalue weighted by molar-refractivity contribution is 7.12. The van der Waals surface area contributed by atoms with Crippen LogP contribution in [0.2, 0.25) is 0 Å². The summed E-state index contributed by atoms with van der Waals surface area (Å²) < 4.78 is 25.8. The van der Waals surface area contributed by atoms with Crippen molar-refractivity contribution in [2.45, 2.75) is 6.92 Å². The first-order valence-electron chi connectivity index (χ1n) is 9.37. The molecule has 0 radical (unpaired) electrons. The van der Waals surface area contributed by atoms with Gasteiger partial charge in [-0.05, 0) is 31.2 Å². The first-order chi connectivity index (χ1) is 15.0. The first kappa shape index (κ1) is 20.5. The minimum atomic E-state index is -0.524. The van der Waals surface area contributed by atoms with Gasteiger partial charge in [-0.1, -0.05) is 24.3 Å². The fourth-order valence-electron chi connectivity index (χ4n) is 2.89. The molecule has 9 heteroatoms. The quantitative estimate of drug-likeness (QED) is 0.461. The van der Waals surface area contributed by atoms with Crippen molar-refractivity contribution in [1.29, 1.82) is 0 Å². The zero-order valence-electron chi connectivity index (χ0n) is 16.8. The molecule has 0 saturated carbocycles. The minimum Gasteiger partial charge on any atom is -0.497 e. The molecule has 7 nitrogen and oxygen atoms in total. The van der Waals surface area contributed by atoms with Crippen LogP contribution in [0, 0.1) is 12.7 Å². The van der Waals surface area contributed by atoms with Crippen molar-refractivity contribution in [2.75, 3.05) is 19.0 Å². The van der Waals surface area contributed by atoms with Crippen LogP contribution in [0.3, 0.4) is 0 Å². The molecular formula is C22H19FN4O3S. The van der Waals surface area contributed by atoms with E-state index in [0.29, 0.717) is 16.6 Å². The second-order valence-electron chi connectivity index (χ2n) is 6.60. The van der Waals surface area contributed by atoms with Crippen LogP contribution in [-0.4, -0.2) is 34.4 Å². The smallest absolute Gasteiger partial charge is 0.263 e. The first-order valence-corrected chi connectivity index (χ1v) is 10.3. The molecule has 1 amide bonds. The Morgan fingerprint density at radius 1 is 1.19 bits per heavy atom. The van der Waals surface area contributed by atoms with E-state index in [-0.39, 0.29) is 12.4 Å². The minimum absolute atomic E-state index is 0.0187. The summed E-state index contributed by atoms with van der Waals surface area (Å²) in [6.45, 7) is 1.48. The van der Waals surface area contributed by atoms with E-state index >= 15 is 0 Å². The number of amides is 1. The number of hydrogen-bond donors (Lipinski definition) is 1. The predicted molar refractivity (Wildman–Crippen MR) is 116 cm³/mol. The monoisotopic (exact) mass is 438 g/mol. The zero-order chi connectivity index (χ0) is 21.8. The molecule has 2 aromatic heterocycles. The Hall–Kier alpha value is -3.72. The van der Waals surface area contributed by atoms with Crippen LogP contribution in [0.1, 0.15) is 5.69 Å². The number of carbonyl (C=O) groups is 1. The summed E-state index contributed by atoms with van der Waals surface area (Å²) in [5.41, 5.74) is 2.39. The standard InChI is InChI=1S/C22H19FN4O3S/c1-14-10-20(25-21(28)12-30-19-9-4-3-8-17(19)23)27(26-14)22-24-18(13-31-22)15-6-5-7-16(11-15)29-2/h3-11,13H,12H2,1-2H3,(H,25,28). The van der Waals surface area contributed by atoms with Crippen molar-refractivity contribution in [2.24, 2.45) is 0 Å². The van der Waals surface area contributed by atoms with E-state index in [9.17, 15) is 9.18 Å². The van der Waals surface area contributed by atoms with Crippen LogP contribution in [0.25, 0.3) is 16.4 Å². The van der Waals surface area contributed by atoms with Crippen LogP contribution >= 0.6 is 11.3 Å². The average Bonchev–Trinajstić information content (AvgIpc) is 3.40. The molecule has 0 aliphatic heterocycles. The van der Waals surface area contributed by atoms with Gasteiger partial charge in [0.1, 0.15) is 11.6 Å². The van der Waals surface area contributed by atoms with Gasteiger partial charge in [-0.3, -0.25) is 4.79 Å². The zero-order valence-corrected chi connectivity index (χ0v) is 17.6. The molecule has 0 unspecified atom stereocenters. The van der Waals surface area contributed by atoms with E-state index in [0.717, 1.165) is 17.0 Å². The van der Waals surface area contributed by atoms with E-state index in [4.69, 9.17) is 9.47 Å². The van der Waals surface area contributed by atoms with Gasteiger partial charge in [-0.2, -0.15) is 9.78 Å². The van der Waals surface area contributed by atoms with Gasteiger partial charge in [-0.15, -0.1) is 11.3 Å². The topological polar surface area (TPSA) is 78.3 Å². The van der Waals surface area contributed by atoms with E-state index < -0.39 is 11.7 Å². The molecule has 0 aliphatic rings. The van der Waals surface area contributed by atoms with Gasteiger partial charge in [0, 0.05) is 17.0 Å². The Bertz CT molecular complexity index is 1220. The maximum atomic E-state index is 13.7. The highest BCUT2D eigenvalue weighted by Crippen LogP contribution is 2.28. The van der Waals surface area contributed by atoms with E-state index in [2.05, 4.69) is 15.4 Å². The number of anilines is 1. The van der Waals surface area contributed by atoms with Gasteiger partial charge in [0.2, 0.25) is 5.13 Å². The second kappa shape index (κ2) is 8.97. The molecule has 4 rings (SSSR count). The number of hydrogen-bond acceptors (Lipinski definition) is 6. The molecule has 158 valence electrons. The predicted octanol–water partition coefficient (Wildman–Crippen LogP) is 4.47. The number of rotatable bonds is 7. The highest BCUT2D eigenvalue weighted by atomic mass is 32.1. The normalized spacial score (nSPS) is 10.7. The molecule has 4 aromatic rings. The summed E-state index contributed by atoms with van der Waals surface area (Å²) in [7, 11) is 1.61. The van der Waals surface area contributed by atoms with Gasteiger partial charge in [0.05, 0.1) is 18.5 Å². The number of thiazole rings is 1. The van der Waals surface area contributed by atoms with Crippen LogP contribution in [-0.2, 0) is 4.79 Å². The van der Waals surface area contributed by atoms with Crippen LogP contribution < -0.4 is 14.8 Å². The fourth-order valence-corrected chi connectivity index (χ4v) is 3.69. The Labute approximate surface area is 182 Å². The van der Waals surface area contributed by atoms with Crippen molar-refractivity contribution < 1.29 is 18.7 Å². The van der Waals surface area contributed by atoms with Crippen LogP contribution in [0.5, 0.6) is 11.5 Å². The molecule has 0 saturated heterocycles. The Morgan fingerprint density at radius 2 is 2.03 bits per heavy atom. The van der Waals surface area contributed by atoms with Crippen molar-refractivity contribution in [3.8, 4) is 27.9 Å². The van der Waals surface area contributed by atoms with Crippen molar-refractivity contribution in [1.82, 2.24) is 14.8 Å². The lowest BCUT2D eigenvalue weighted by molar-refractivity contribution is -0.118. The largest absolute Gasteiger partial charge is 0.497 e. The molecular weight excluding hydrogens is 419 g/mol. The van der Waals surface area contributed by atoms with Gasteiger partial charge >= 0.3 is 0 Å². The fraction of sp³-hybridized carbons (Fsp3) is 0.136. The number of ether oxygens (including phenoxy) is 2. The molecule has 1 N–H and O–H groups in total. The third kappa shape index (κ3) is 4.72. The van der Waals surface area contributed by atoms with Crippen LogP contribution in [0.4, 0.5) is 10.2 Å². The lowest BCUT2D eigenvalue weighted by atomic mass is 10.2. The number of aromatic nitrogens is 3. The molecule has 0 atom stereocenters. The number of halogens is 1. The number of carbonyl (C=O) groups excluding carboxylic acids is 1. The number of benzene rings is 2. The molecule has 0 aliphatic carbocycles. The molecule has 2 heterocycles. The summed E-state index contributed by atoms with van der Waals surface area (Å²) in [5.74, 6) is 0.249. The van der Waals surface area contributed by atoms with Crippen LogP contribution in [0.15, 0.2) is 60.0 Å². The summed E-state index contributed by atoms with van der Waals surface area (Å²) in [6, 6.07) is 15.3. The van der Waals surface area contributed by atoms with Crippen molar-refractivity contribution in [3.05, 3.63) is 71.5 Å². The number of nitrogens with one attached hydrogen (secondary N) is 1. The van der Waals surface area contributed by atoms with Gasteiger partial charge in [-0.25, -0.2) is 9.37 Å². The molecule has 2 aromatic carbocycles. The Morgan fingerprint density at radius 3 is 2.84 bits per heavy atom. The maximum Gasteiger partial charge on any atom is 0.263 e. The second-order valence-corrected chi connectivity index (χ2v) is 7.43. The number of para-hydroxylation sites is 1. The number of nitrogens with zero attached hydrogens (tertiary/aromatic N) is 3. The van der Waals surface area contributed by atoms with Gasteiger partial charge < -0.3 is 14.8 Å². The third-order valence-electron chi connectivity index (χ3n) is 4.33. The summed E-state index contributed by atoms with van der Waals surface area (Å²) in [5, 5.41) is 9.68. The third-order valence-corrected chi connectivity index (χ3v) is 5.15. The molecule has 0 fully saturated rings. The number of aryl methyl sites for hydroxylation is 1. The summed E-state index contributed by atoms with van der Waals surface area (Å²) in [6.07, 6.45) is 0. The molecule has 0 spiro atoms. The maximum absolute atomic E-state index is 13.7. The number of methoxy groups -OCH3 is 1. The summed E-state index contributed by atoms with van der Waals surface area (Å²) >= 11 is 1.39. The highest BCUT2D eigenvalue weighted by Gasteiger charge is 2.15. The molecule has 0 bridgehead atoms. The van der Waals surface area contributed by atoms with E-state index in [1.54, 1.807) is 30.0 Å². The Balaban J connectivity index is 1.50. The summed E-state index contributed by atoms with van der Waals surface area (Å²) in [4.78, 5) is 17.0. The van der Waals surface area contributed by atoms with Gasteiger partial charge in [0.25, 0.3) is 5.91 Å². The van der Waals surface area contributed by atoms with E-state index in [1.165, 1.54) is 23.5 Å². The van der Waals surface area contributed by atoms with Gasteiger partial charge in [0.15, 0.2) is 18.2 Å². The SMILES string of the molecule is COc1cccc(-c2csc(-n3nc(C)cc3NC(=O)COc3ccccc3F)n2)c1.